The van der Waals surface area contributed by atoms with Crippen molar-refractivity contribution in [3.63, 3.8) is 0 Å². The average Bonchev–Trinajstić information content (AvgIpc) is 2.27. The van der Waals surface area contributed by atoms with Crippen LogP contribution in [0.1, 0.15) is 44.2 Å². The number of esters is 1. The summed E-state index contributed by atoms with van der Waals surface area (Å²) < 4.78 is 5.12. The molecule has 0 spiro atoms. The number of hydrogen-bond donors (Lipinski definition) is 1. The zero-order valence-corrected chi connectivity index (χ0v) is 10.7. The lowest BCUT2D eigenvalue weighted by atomic mass is 9.98. The molecule has 1 N–H and O–H groups in total. The van der Waals surface area contributed by atoms with Crippen molar-refractivity contribution >= 4 is 5.97 Å². The molecule has 0 amide bonds. The lowest BCUT2D eigenvalue weighted by Crippen LogP contribution is -2.05. The molecule has 0 fully saturated rings. The number of benzene rings is 1. The van der Waals surface area contributed by atoms with Gasteiger partial charge in [-0.1, -0.05) is 26.3 Å². The Kier molecular flexibility index (Phi) is 5.16. The van der Waals surface area contributed by atoms with E-state index in [0.29, 0.717) is 5.75 Å². The Labute approximate surface area is 102 Å². The van der Waals surface area contributed by atoms with Gasteiger partial charge in [0.1, 0.15) is 5.75 Å². The fourth-order valence-corrected chi connectivity index (χ4v) is 1.73. The number of ether oxygens (including phenoxy) is 1. The van der Waals surface area contributed by atoms with Crippen molar-refractivity contribution in [1.29, 1.82) is 0 Å². The molecular weight excluding hydrogens is 216 g/mol. The molecule has 3 heteroatoms. The summed E-state index contributed by atoms with van der Waals surface area (Å²) >= 11 is 0. The second-order valence-corrected chi connectivity index (χ2v) is 4.34. The maximum Gasteiger partial charge on any atom is 0.308 e. The van der Waals surface area contributed by atoms with Gasteiger partial charge < -0.3 is 9.84 Å². The second kappa shape index (κ2) is 6.40. The molecule has 0 bridgehead atoms. The Morgan fingerprint density at radius 2 is 2.12 bits per heavy atom. The van der Waals surface area contributed by atoms with Gasteiger partial charge in [-0.25, -0.2) is 0 Å². The van der Waals surface area contributed by atoms with Gasteiger partial charge >= 0.3 is 5.97 Å². The molecule has 3 nitrogen and oxygen atoms in total. The highest BCUT2D eigenvalue weighted by Crippen LogP contribution is 2.24. The summed E-state index contributed by atoms with van der Waals surface area (Å²) in [6.45, 7) is 5.53. The molecular formula is C14H20O3. The van der Waals surface area contributed by atoms with Crippen LogP contribution < -0.4 is 4.74 Å². The molecule has 0 aliphatic heterocycles. The number of rotatable bonds is 5. The van der Waals surface area contributed by atoms with E-state index in [4.69, 9.17) is 4.74 Å². The second-order valence-electron chi connectivity index (χ2n) is 4.34. The highest BCUT2D eigenvalue weighted by molar-refractivity contribution is 5.69. The van der Waals surface area contributed by atoms with Gasteiger partial charge in [0.2, 0.25) is 0 Å². The van der Waals surface area contributed by atoms with Gasteiger partial charge in [-0.15, -0.1) is 0 Å². The lowest BCUT2D eigenvalue weighted by Gasteiger charge is -2.13. The number of hydrogen-bond acceptors (Lipinski definition) is 3. The molecule has 1 unspecified atom stereocenters. The molecule has 1 aromatic carbocycles. The van der Waals surface area contributed by atoms with Gasteiger partial charge in [0.15, 0.2) is 0 Å². The quantitative estimate of drug-likeness (QED) is 0.631. The van der Waals surface area contributed by atoms with Crippen LogP contribution in [-0.4, -0.2) is 17.7 Å². The van der Waals surface area contributed by atoms with E-state index in [1.165, 1.54) is 6.92 Å². The molecule has 1 atom stereocenters. The lowest BCUT2D eigenvalue weighted by molar-refractivity contribution is -0.131. The maximum absolute atomic E-state index is 11.0. The van der Waals surface area contributed by atoms with Gasteiger partial charge in [0.05, 0.1) is 0 Å². The number of aryl methyl sites for hydroxylation is 1. The van der Waals surface area contributed by atoms with Crippen LogP contribution in [-0.2, 0) is 11.2 Å². The molecule has 94 valence electrons. The Morgan fingerprint density at radius 3 is 2.65 bits per heavy atom. The smallest absolute Gasteiger partial charge is 0.308 e. The van der Waals surface area contributed by atoms with Crippen molar-refractivity contribution in [2.75, 3.05) is 6.61 Å². The van der Waals surface area contributed by atoms with E-state index in [1.807, 2.05) is 19.1 Å². The maximum atomic E-state index is 11.0. The monoisotopic (exact) mass is 236 g/mol. The molecule has 17 heavy (non-hydrogen) atoms. The summed E-state index contributed by atoms with van der Waals surface area (Å²) in [4.78, 5) is 11.0. The summed E-state index contributed by atoms with van der Waals surface area (Å²) in [6.07, 6.45) is 1.98. The molecule has 0 heterocycles. The van der Waals surface area contributed by atoms with Crippen LogP contribution >= 0.6 is 0 Å². The number of carbonyl (C=O) groups excluding carboxylic acids is 1. The molecule has 0 aliphatic rings. The largest absolute Gasteiger partial charge is 0.427 e. The first-order valence-electron chi connectivity index (χ1n) is 6.00. The van der Waals surface area contributed by atoms with E-state index in [2.05, 4.69) is 13.0 Å². The van der Waals surface area contributed by atoms with Gasteiger partial charge in [-0.05, 0) is 29.7 Å². The van der Waals surface area contributed by atoms with Crippen molar-refractivity contribution < 1.29 is 14.6 Å². The van der Waals surface area contributed by atoms with E-state index < -0.39 is 0 Å². The third kappa shape index (κ3) is 4.19. The number of carbonyl (C=O) groups is 1. The van der Waals surface area contributed by atoms with Crippen LogP contribution in [0.3, 0.4) is 0 Å². The topological polar surface area (TPSA) is 46.5 Å². The minimum Gasteiger partial charge on any atom is -0.427 e. The normalized spacial score (nSPS) is 12.2. The third-order valence-corrected chi connectivity index (χ3v) is 2.63. The molecule has 0 saturated carbocycles. The highest BCUT2D eigenvalue weighted by Gasteiger charge is 2.09. The van der Waals surface area contributed by atoms with Crippen LogP contribution in [0.25, 0.3) is 0 Å². The van der Waals surface area contributed by atoms with Crippen LogP contribution in [0.5, 0.6) is 5.75 Å². The number of aliphatic hydroxyl groups excluding tert-OH is 1. The summed E-state index contributed by atoms with van der Waals surface area (Å²) in [6, 6.07) is 5.78. The average molecular weight is 236 g/mol. The zero-order chi connectivity index (χ0) is 12.8. The van der Waals surface area contributed by atoms with E-state index in [1.54, 1.807) is 0 Å². The molecule has 1 rings (SSSR count). The SMILES string of the molecule is CCCc1cc(OC(C)=O)cc(C(C)CO)c1. The molecule has 0 saturated heterocycles. The first-order chi connectivity index (χ1) is 8.06. The van der Waals surface area contributed by atoms with E-state index in [9.17, 15) is 9.90 Å². The van der Waals surface area contributed by atoms with E-state index in [0.717, 1.165) is 24.0 Å². The summed E-state index contributed by atoms with van der Waals surface area (Å²) in [5.41, 5.74) is 2.15. The summed E-state index contributed by atoms with van der Waals surface area (Å²) in [7, 11) is 0. The Hall–Kier alpha value is -1.35. The highest BCUT2D eigenvalue weighted by atomic mass is 16.5. The van der Waals surface area contributed by atoms with E-state index in [-0.39, 0.29) is 18.5 Å². The Morgan fingerprint density at radius 1 is 1.41 bits per heavy atom. The van der Waals surface area contributed by atoms with Crippen LogP contribution in [0.2, 0.25) is 0 Å². The van der Waals surface area contributed by atoms with Crippen molar-refractivity contribution in [2.24, 2.45) is 0 Å². The van der Waals surface area contributed by atoms with Gasteiger partial charge in [-0.3, -0.25) is 4.79 Å². The fraction of sp³-hybridized carbons (Fsp3) is 0.500. The van der Waals surface area contributed by atoms with Crippen molar-refractivity contribution in [1.82, 2.24) is 0 Å². The molecule has 1 aromatic rings. The van der Waals surface area contributed by atoms with Gasteiger partial charge in [0, 0.05) is 19.4 Å². The minimum absolute atomic E-state index is 0.0566. The van der Waals surface area contributed by atoms with Crippen LogP contribution in [0.15, 0.2) is 18.2 Å². The van der Waals surface area contributed by atoms with Crippen LogP contribution in [0.4, 0.5) is 0 Å². The van der Waals surface area contributed by atoms with Crippen LogP contribution in [0, 0.1) is 0 Å². The number of aliphatic hydroxyl groups is 1. The molecule has 0 aliphatic carbocycles. The van der Waals surface area contributed by atoms with Crippen molar-refractivity contribution in [2.45, 2.75) is 39.5 Å². The molecule has 0 aromatic heterocycles. The predicted octanol–water partition coefficient (Wildman–Crippen LogP) is 2.66. The van der Waals surface area contributed by atoms with E-state index >= 15 is 0 Å². The third-order valence-electron chi connectivity index (χ3n) is 2.63. The first-order valence-corrected chi connectivity index (χ1v) is 6.00. The standard InChI is InChI=1S/C14H20O3/c1-4-5-12-6-13(10(2)9-15)8-14(7-12)17-11(3)16/h6-8,10,15H,4-5,9H2,1-3H3. The first kappa shape index (κ1) is 13.7. The fourth-order valence-electron chi connectivity index (χ4n) is 1.73. The predicted molar refractivity (Wildman–Crippen MR) is 67.2 cm³/mol. The minimum atomic E-state index is -0.318. The Bertz CT molecular complexity index is 385. The van der Waals surface area contributed by atoms with Gasteiger partial charge in [0.25, 0.3) is 0 Å². The van der Waals surface area contributed by atoms with Gasteiger partial charge in [-0.2, -0.15) is 0 Å². The summed E-state index contributed by atoms with van der Waals surface area (Å²) in [5.74, 6) is 0.307. The van der Waals surface area contributed by atoms with Crippen molar-refractivity contribution in [3.8, 4) is 5.75 Å². The zero-order valence-electron chi connectivity index (χ0n) is 10.7. The van der Waals surface area contributed by atoms with Crippen molar-refractivity contribution in [3.05, 3.63) is 29.3 Å². The molecule has 0 radical (unpaired) electrons. The Balaban J connectivity index is 3.04. The summed E-state index contributed by atoms with van der Waals surface area (Å²) in [5, 5.41) is 9.17.